The molecule has 0 unspecified atom stereocenters. The summed E-state index contributed by atoms with van der Waals surface area (Å²) in [6.45, 7) is 4.39. The standard InChI is InChI=1S/C18H18O3/c1-3-21-15-9-10-16(18(20)12-15)17(19)11-8-14-6-4-13(2)5-7-14/h4-12,20H,3H2,1-2H3/b11-8+. The van der Waals surface area contributed by atoms with E-state index in [-0.39, 0.29) is 17.1 Å². The molecule has 0 spiro atoms. The van der Waals surface area contributed by atoms with Gasteiger partial charge in [0.2, 0.25) is 0 Å². The summed E-state index contributed by atoms with van der Waals surface area (Å²) in [4.78, 5) is 12.1. The molecular formula is C18H18O3. The van der Waals surface area contributed by atoms with E-state index < -0.39 is 0 Å². The van der Waals surface area contributed by atoms with Gasteiger partial charge in [0.25, 0.3) is 0 Å². The Hall–Kier alpha value is -2.55. The van der Waals surface area contributed by atoms with Crippen LogP contribution in [0.15, 0.2) is 48.5 Å². The van der Waals surface area contributed by atoms with E-state index in [1.165, 1.54) is 17.7 Å². The first-order chi connectivity index (χ1) is 10.1. The van der Waals surface area contributed by atoms with E-state index in [0.717, 1.165) is 5.56 Å². The first-order valence-electron chi connectivity index (χ1n) is 6.85. The van der Waals surface area contributed by atoms with Crippen molar-refractivity contribution in [3.8, 4) is 11.5 Å². The molecule has 0 amide bonds. The SMILES string of the molecule is CCOc1ccc(C(=O)/C=C/c2ccc(C)cc2)c(O)c1. The Morgan fingerprint density at radius 3 is 2.52 bits per heavy atom. The maximum absolute atomic E-state index is 12.1. The van der Waals surface area contributed by atoms with Crippen LogP contribution >= 0.6 is 0 Å². The van der Waals surface area contributed by atoms with E-state index >= 15 is 0 Å². The van der Waals surface area contributed by atoms with Gasteiger partial charge in [0, 0.05) is 6.07 Å². The maximum Gasteiger partial charge on any atom is 0.189 e. The lowest BCUT2D eigenvalue weighted by molar-refractivity contribution is 0.104. The molecule has 2 aromatic rings. The van der Waals surface area contributed by atoms with Gasteiger partial charge >= 0.3 is 0 Å². The number of aromatic hydroxyl groups is 1. The number of benzene rings is 2. The van der Waals surface area contributed by atoms with Crippen LogP contribution in [0.2, 0.25) is 0 Å². The predicted octanol–water partition coefficient (Wildman–Crippen LogP) is 4.00. The second-order valence-electron chi connectivity index (χ2n) is 4.72. The third kappa shape index (κ3) is 3.96. The molecule has 2 rings (SSSR count). The number of carbonyl (C=O) groups is 1. The fourth-order valence-electron chi connectivity index (χ4n) is 1.92. The van der Waals surface area contributed by atoms with E-state index in [1.807, 2.05) is 38.1 Å². The van der Waals surface area contributed by atoms with Crippen LogP contribution in [0, 0.1) is 6.92 Å². The molecule has 0 heterocycles. The third-order valence-electron chi connectivity index (χ3n) is 3.05. The summed E-state index contributed by atoms with van der Waals surface area (Å²) in [5.74, 6) is 0.240. The van der Waals surface area contributed by atoms with E-state index in [2.05, 4.69) is 0 Å². The average molecular weight is 282 g/mol. The molecular weight excluding hydrogens is 264 g/mol. The number of ketones is 1. The molecule has 21 heavy (non-hydrogen) atoms. The minimum atomic E-state index is -0.240. The number of phenols is 1. The molecule has 0 aromatic heterocycles. The Morgan fingerprint density at radius 1 is 1.19 bits per heavy atom. The molecule has 0 atom stereocenters. The molecule has 1 N–H and O–H groups in total. The number of hydrogen-bond acceptors (Lipinski definition) is 3. The van der Waals surface area contributed by atoms with Crippen LogP contribution in [0.25, 0.3) is 6.08 Å². The van der Waals surface area contributed by atoms with Gasteiger partial charge in [0.15, 0.2) is 5.78 Å². The summed E-state index contributed by atoms with van der Waals surface area (Å²) >= 11 is 0. The number of hydrogen-bond donors (Lipinski definition) is 1. The number of aryl methyl sites for hydroxylation is 1. The summed E-state index contributed by atoms with van der Waals surface area (Å²) in [5.41, 5.74) is 2.38. The molecule has 0 bridgehead atoms. The molecule has 2 aromatic carbocycles. The maximum atomic E-state index is 12.1. The number of ether oxygens (including phenoxy) is 1. The van der Waals surface area contributed by atoms with Gasteiger partial charge < -0.3 is 9.84 Å². The van der Waals surface area contributed by atoms with Crippen molar-refractivity contribution >= 4 is 11.9 Å². The average Bonchev–Trinajstić information content (AvgIpc) is 2.47. The van der Waals surface area contributed by atoms with Crippen molar-refractivity contribution in [2.75, 3.05) is 6.61 Å². The van der Waals surface area contributed by atoms with Crippen LogP contribution in [0.1, 0.15) is 28.4 Å². The molecule has 0 saturated carbocycles. The van der Waals surface area contributed by atoms with Gasteiger partial charge in [-0.25, -0.2) is 0 Å². The second kappa shape index (κ2) is 6.75. The fourth-order valence-corrected chi connectivity index (χ4v) is 1.92. The minimum Gasteiger partial charge on any atom is -0.507 e. The van der Waals surface area contributed by atoms with Crippen LogP contribution in [-0.2, 0) is 0 Å². The quantitative estimate of drug-likeness (QED) is 0.666. The molecule has 0 aliphatic heterocycles. The van der Waals surface area contributed by atoms with Crippen molar-refractivity contribution in [3.05, 3.63) is 65.2 Å². The van der Waals surface area contributed by atoms with Gasteiger partial charge in [-0.15, -0.1) is 0 Å². The zero-order valence-electron chi connectivity index (χ0n) is 12.2. The van der Waals surface area contributed by atoms with E-state index in [0.29, 0.717) is 12.4 Å². The van der Waals surface area contributed by atoms with Crippen molar-refractivity contribution in [1.82, 2.24) is 0 Å². The highest BCUT2D eigenvalue weighted by molar-refractivity contribution is 6.08. The van der Waals surface area contributed by atoms with E-state index in [4.69, 9.17) is 4.74 Å². The van der Waals surface area contributed by atoms with Crippen LogP contribution in [0.5, 0.6) is 11.5 Å². The summed E-state index contributed by atoms with van der Waals surface area (Å²) in [6, 6.07) is 12.6. The molecule has 108 valence electrons. The van der Waals surface area contributed by atoms with Crippen LogP contribution in [0.3, 0.4) is 0 Å². The van der Waals surface area contributed by atoms with Crippen molar-refractivity contribution in [2.45, 2.75) is 13.8 Å². The van der Waals surface area contributed by atoms with Crippen LogP contribution < -0.4 is 4.74 Å². The van der Waals surface area contributed by atoms with Gasteiger partial charge in [-0.05, 0) is 37.6 Å². The lowest BCUT2D eigenvalue weighted by Gasteiger charge is -2.05. The molecule has 0 fully saturated rings. The normalized spacial score (nSPS) is 10.8. The van der Waals surface area contributed by atoms with Crippen molar-refractivity contribution in [3.63, 3.8) is 0 Å². The van der Waals surface area contributed by atoms with Crippen LogP contribution in [0.4, 0.5) is 0 Å². The number of carbonyl (C=O) groups excluding carboxylic acids is 1. The largest absolute Gasteiger partial charge is 0.507 e. The Labute approximate surface area is 124 Å². The number of rotatable bonds is 5. The Kier molecular flexibility index (Phi) is 4.77. The number of allylic oxidation sites excluding steroid dienone is 1. The van der Waals surface area contributed by atoms with Crippen molar-refractivity contribution in [1.29, 1.82) is 0 Å². The summed E-state index contributed by atoms with van der Waals surface area (Å²) in [7, 11) is 0. The highest BCUT2D eigenvalue weighted by Crippen LogP contribution is 2.24. The molecule has 0 aliphatic rings. The Balaban J connectivity index is 2.14. The van der Waals surface area contributed by atoms with Gasteiger partial charge in [-0.2, -0.15) is 0 Å². The topological polar surface area (TPSA) is 46.5 Å². The fraction of sp³-hybridized carbons (Fsp3) is 0.167. The van der Waals surface area contributed by atoms with Crippen molar-refractivity contribution in [2.24, 2.45) is 0 Å². The summed E-state index contributed by atoms with van der Waals surface area (Å²) in [6.07, 6.45) is 3.19. The summed E-state index contributed by atoms with van der Waals surface area (Å²) in [5, 5.41) is 9.89. The second-order valence-corrected chi connectivity index (χ2v) is 4.72. The van der Waals surface area contributed by atoms with Crippen LogP contribution in [-0.4, -0.2) is 17.5 Å². The molecule has 3 nitrogen and oxygen atoms in total. The zero-order valence-corrected chi connectivity index (χ0v) is 12.2. The smallest absolute Gasteiger partial charge is 0.189 e. The van der Waals surface area contributed by atoms with Gasteiger partial charge in [0.05, 0.1) is 12.2 Å². The summed E-state index contributed by atoms with van der Waals surface area (Å²) < 4.78 is 5.27. The van der Waals surface area contributed by atoms with Crippen molar-refractivity contribution < 1.29 is 14.6 Å². The predicted molar refractivity (Wildman–Crippen MR) is 83.8 cm³/mol. The lowest BCUT2D eigenvalue weighted by atomic mass is 10.1. The Bertz CT molecular complexity index is 655. The molecule has 3 heteroatoms. The van der Waals surface area contributed by atoms with Gasteiger partial charge in [0.1, 0.15) is 11.5 Å². The molecule has 0 radical (unpaired) electrons. The zero-order chi connectivity index (χ0) is 15.2. The van der Waals surface area contributed by atoms with Gasteiger partial charge in [-0.1, -0.05) is 35.9 Å². The first-order valence-corrected chi connectivity index (χ1v) is 6.85. The lowest BCUT2D eigenvalue weighted by Crippen LogP contribution is -1.97. The van der Waals surface area contributed by atoms with E-state index in [9.17, 15) is 9.90 Å². The highest BCUT2D eigenvalue weighted by atomic mass is 16.5. The third-order valence-corrected chi connectivity index (χ3v) is 3.05. The minimum absolute atomic E-state index is 0.0699. The highest BCUT2D eigenvalue weighted by Gasteiger charge is 2.09. The molecule has 0 aliphatic carbocycles. The molecule has 0 saturated heterocycles. The van der Waals surface area contributed by atoms with E-state index in [1.54, 1.807) is 18.2 Å². The first kappa shape index (κ1) is 14.9. The Morgan fingerprint density at radius 2 is 1.90 bits per heavy atom. The monoisotopic (exact) mass is 282 g/mol. The van der Waals surface area contributed by atoms with Gasteiger partial charge in [-0.3, -0.25) is 4.79 Å². The number of phenolic OH excluding ortho intramolecular Hbond substituents is 1.